The van der Waals surface area contributed by atoms with Crippen LogP contribution in [-0.4, -0.2) is 45.4 Å². The summed E-state index contributed by atoms with van der Waals surface area (Å²) in [4.78, 5) is 36.3. The van der Waals surface area contributed by atoms with Crippen LogP contribution < -0.4 is 15.5 Å². The largest absolute Gasteiger partial charge is 0.371 e. The molecule has 0 radical (unpaired) electrons. The van der Waals surface area contributed by atoms with Gasteiger partial charge in [-0.15, -0.1) is 0 Å². The molecule has 3 heterocycles. The Labute approximate surface area is 220 Å². The number of amides is 1. The van der Waals surface area contributed by atoms with Crippen molar-refractivity contribution in [1.29, 1.82) is 0 Å². The van der Waals surface area contributed by atoms with Crippen molar-refractivity contribution in [3.8, 4) is 11.1 Å². The number of hydrogen-bond acceptors (Lipinski definition) is 6. The van der Waals surface area contributed by atoms with Crippen molar-refractivity contribution >= 4 is 29.0 Å². The molecule has 2 aromatic carbocycles. The van der Waals surface area contributed by atoms with E-state index in [1.165, 1.54) is 0 Å². The van der Waals surface area contributed by atoms with Gasteiger partial charge in [-0.3, -0.25) is 9.59 Å². The number of halogens is 1. The van der Waals surface area contributed by atoms with Crippen LogP contribution in [0.15, 0.2) is 73.1 Å². The minimum atomic E-state index is -0.675. The van der Waals surface area contributed by atoms with Crippen LogP contribution in [0.25, 0.3) is 11.1 Å². The van der Waals surface area contributed by atoms with Crippen molar-refractivity contribution in [1.82, 2.24) is 14.5 Å². The number of anilines is 3. The fraction of sp³-hybridized carbons (Fsp3) is 0.241. The van der Waals surface area contributed by atoms with Gasteiger partial charge in [-0.05, 0) is 55.7 Å². The summed E-state index contributed by atoms with van der Waals surface area (Å²) < 4.78 is 14.8. The molecule has 0 saturated carbocycles. The van der Waals surface area contributed by atoms with E-state index in [2.05, 4.69) is 25.5 Å². The normalized spacial score (nSPS) is 13.8. The summed E-state index contributed by atoms with van der Waals surface area (Å²) in [6, 6.07) is 19.2. The number of nitrogens with one attached hydrogen (secondary N) is 2. The van der Waals surface area contributed by atoms with Crippen LogP contribution in [0, 0.1) is 12.7 Å². The molecule has 2 N–H and O–H groups in total. The van der Waals surface area contributed by atoms with Crippen LogP contribution in [0.3, 0.4) is 0 Å². The van der Waals surface area contributed by atoms with E-state index in [1.807, 2.05) is 67.6 Å². The summed E-state index contributed by atoms with van der Waals surface area (Å²) in [6.45, 7) is 3.58. The van der Waals surface area contributed by atoms with Crippen LogP contribution in [0.5, 0.6) is 0 Å². The third-order valence-corrected chi connectivity index (χ3v) is 6.92. The highest BCUT2D eigenvalue weighted by Gasteiger charge is 2.25. The molecule has 1 aliphatic rings. The molecule has 0 bridgehead atoms. The third-order valence-electron chi connectivity index (χ3n) is 6.92. The van der Waals surface area contributed by atoms with Crippen molar-refractivity contribution in [2.75, 3.05) is 28.6 Å². The Balaban J connectivity index is 1.20. The molecular weight excluding hydrogens is 483 g/mol. The fourth-order valence-corrected chi connectivity index (χ4v) is 4.75. The molecule has 8 nitrogen and oxygen atoms in total. The van der Waals surface area contributed by atoms with E-state index in [0.717, 1.165) is 60.8 Å². The van der Waals surface area contributed by atoms with Crippen LogP contribution in [0.1, 0.15) is 29.0 Å². The van der Waals surface area contributed by atoms with E-state index >= 15 is 0 Å². The maximum absolute atomic E-state index is 13.2. The van der Waals surface area contributed by atoms with Crippen LogP contribution in [-0.2, 0) is 11.8 Å². The molecule has 0 atom stereocenters. The Morgan fingerprint density at radius 1 is 0.974 bits per heavy atom. The lowest BCUT2D eigenvalue weighted by Crippen LogP contribution is -2.39. The number of Topliss-reactive ketones (excluding diaryl/α,β-unsaturated/α-hetero) is 1. The van der Waals surface area contributed by atoms with Gasteiger partial charge in [0.1, 0.15) is 5.69 Å². The number of aryl methyl sites for hydroxylation is 1. The molecule has 1 amide bonds. The highest BCUT2D eigenvalue weighted by atomic mass is 19.1. The first-order valence-corrected chi connectivity index (χ1v) is 12.6. The Hall–Kier alpha value is -4.53. The molecule has 4 aromatic rings. The van der Waals surface area contributed by atoms with E-state index in [0.29, 0.717) is 17.3 Å². The van der Waals surface area contributed by atoms with Crippen molar-refractivity contribution in [3.63, 3.8) is 0 Å². The highest BCUT2D eigenvalue weighted by molar-refractivity contribution is 6.47. The summed E-state index contributed by atoms with van der Waals surface area (Å²) in [5.74, 6) is -1.28. The first-order valence-electron chi connectivity index (χ1n) is 12.6. The van der Waals surface area contributed by atoms with E-state index in [1.54, 1.807) is 11.6 Å². The number of hydrogen-bond donors (Lipinski definition) is 2. The lowest BCUT2D eigenvalue weighted by molar-refractivity contribution is -0.112. The predicted molar refractivity (Wildman–Crippen MR) is 146 cm³/mol. The zero-order chi connectivity index (χ0) is 26.6. The second kappa shape index (κ2) is 10.8. The van der Waals surface area contributed by atoms with E-state index < -0.39 is 17.5 Å². The second-order valence-corrected chi connectivity index (χ2v) is 9.43. The molecule has 9 heteroatoms. The minimum absolute atomic E-state index is 0.211. The minimum Gasteiger partial charge on any atom is -0.371 e. The number of benzene rings is 2. The SMILES string of the molecule is Cc1cc(-c2ccccc2)c(C(=O)C(=O)Nc2ccc(N3CCC(Nc4ncc(F)cn4)CC3)cc2)n1C. The summed E-state index contributed by atoms with van der Waals surface area (Å²) in [6.07, 6.45) is 4.07. The van der Waals surface area contributed by atoms with Gasteiger partial charge >= 0.3 is 0 Å². The van der Waals surface area contributed by atoms with Gasteiger partial charge in [0, 0.05) is 48.8 Å². The van der Waals surface area contributed by atoms with Gasteiger partial charge in [-0.25, -0.2) is 14.4 Å². The monoisotopic (exact) mass is 512 g/mol. The van der Waals surface area contributed by atoms with Gasteiger partial charge in [0.15, 0.2) is 5.82 Å². The lowest BCUT2D eigenvalue weighted by atomic mass is 10.0. The van der Waals surface area contributed by atoms with Gasteiger partial charge in [0.2, 0.25) is 5.95 Å². The first-order chi connectivity index (χ1) is 18.4. The molecular formula is C29H29FN6O2. The summed E-state index contributed by atoms with van der Waals surface area (Å²) in [7, 11) is 1.79. The summed E-state index contributed by atoms with van der Waals surface area (Å²) in [5, 5.41) is 6.01. The lowest BCUT2D eigenvalue weighted by Gasteiger charge is -2.34. The first kappa shape index (κ1) is 25.1. The number of ketones is 1. The van der Waals surface area contributed by atoms with Crippen LogP contribution >= 0.6 is 0 Å². The molecule has 1 aliphatic heterocycles. The number of carbonyl (C=O) groups excluding carboxylic acids is 2. The number of aromatic nitrogens is 3. The van der Waals surface area contributed by atoms with E-state index in [9.17, 15) is 14.0 Å². The molecule has 2 aromatic heterocycles. The van der Waals surface area contributed by atoms with Gasteiger partial charge in [-0.2, -0.15) is 0 Å². The second-order valence-electron chi connectivity index (χ2n) is 9.43. The third kappa shape index (κ3) is 5.41. The molecule has 5 rings (SSSR count). The highest BCUT2D eigenvalue weighted by Crippen LogP contribution is 2.28. The average Bonchev–Trinajstić information content (AvgIpc) is 3.24. The molecule has 38 heavy (non-hydrogen) atoms. The topological polar surface area (TPSA) is 92.2 Å². The number of carbonyl (C=O) groups is 2. The van der Waals surface area contributed by atoms with Crippen molar-refractivity contribution in [2.45, 2.75) is 25.8 Å². The molecule has 1 fully saturated rings. The quantitative estimate of drug-likeness (QED) is 0.272. The fourth-order valence-electron chi connectivity index (χ4n) is 4.75. The van der Waals surface area contributed by atoms with E-state index in [-0.39, 0.29) is 6.04 Å². The zero-order valence-corrected chi connectivity index (χ0v) is 21.3. The van der Waals surface area contributed by atoms with E-state index in [4.69, 9.17) is 0 Å². The van der Waals surface area contributed by atoms with Gasteiger partial charge in [-0.1, -0.05) is 30.3 Å². The zero-order valence-electron chi connectivity index (χ0n) is 21.3. The molecule has 0 unspecified atom stereocenters. The summed E-state index contributed by atoms with van der Waals surface area (Å²) in [5.41, 5.74) is 4.49. The van der Waals surface area contributed by atoms with Crippen molar-refractivity contribution in [2.24, 2.45) is 7.05 Å². The van der Waals surface area contributed by atoms with Gasteiger partial charge in [0.25, 0.3) is 11.7 Å². The molecule has 0 aliphatic carbocycles. The van der Waals surface area contributed by atoms with Gasteiger partial charge in [0.05, 0.1) is 12.4 Å². The van der Waals surface area contributed by atoms with Crippen LogP contribution in [0.4, 0.5) is 21.7 Å². The van der Waals surface area contributed by atoms with Gasteiger partial charge < -0.3 is 20.1 Å². The number of piperidine rings is 1. The Kier molecular flexibility index (Phi) is 7.17. The van der Waals surface area contributed by atoms with Crippen molar-refractivity contribution < 1.29 is 14.0 Å². The molecule has 0 spiro atoms. The maximum Gasteiger partial charge on any atom is 0.298 e. The average molecular weight is 513 g/mol. The summed E-state index contributed by atoms with van der Waals surface area (Å²) >= 11 is 0. The number of rotatable bonds is 7. The number of nitrogens with zero attached hydrogens (tertiary/aromatic N) is 4. The Bertz CT molecular complexity index is 1430. The molecule has 1 saturated heterocycles. The Morgan fingerprint density at radius 3 is 2.29 bits per heavy atom. The maximum atomic E-state index is 13.2. The van der Waals surface area contributed by atoms with Crippen LogP contribution in [0.2, 0.25) is 0 Å². The van der Waals surface area contributed by atoms with Crippen molar-refractivity contribution in [3.05, 3.63) is 90.3 Å². The standard InChI is InChI=1S/C29H29FN6O2/c1-19-16-25(20-6-4-3-5-7-20)26(35(19)2)27(37)28(38)33-22-8-10-24(11-9-22)36-14-12-23(13-15-36)34-29-31-17-21(30)18-32-29/h3-11,16-18,23H,12-15H2,1-2H3,(H,33,38)(H,31,32,34). The smallest absolute Gasteiger partial charge is 0.298 e. The Morgan fingerprint density at radius 2 is 1.63 bits per heavy atom. The molecule has 194 valence electrons. The predicted octanol–water partition coefficient (Wildman–Crippen LogP) is 4.83.